The molecule has 0 spiro atoms. The SMILES string of the molecule is NC(=S)Nc1ccc(S(=O)(=O)N2CCCC2)cc1. The van der Waals surface area contributed by atoms with E-state index in [1.807, 2.05) is 0 Å². The van der Waals surface area contributed by atoms with Crippen molar-refractivity contribution >= 4 is 33.0 Å². The van der Waals surface area contributed by atoms with Gasteiger partial charge in [0.2, 0.25) is 10.0 Å². The maximum absolute atomic E-state index is 12.2. The van der Waals surface area contributed by atoms with Crippen LogP contribution in [0.2, 0.25) is 0 Å². The number of hydrogen-bond donors (Lipinski definition) is 2. The third-order valence-corrected chi connectivity index (χ3v) is 4.84. The number of nitrogens with two attached hydrogens (primary N) is 1. The molecule has 98 valence electrons. The highest BCUT2D eigenvalue weighted by atomic mass is 32.2. The summed E-state index contributed by atoms with van der Waals surface area (Å²) in [5.74, 6) is 0. The van der Waals surface area contributed by atoms with Gasteiger partial charge in [-0.15, -0.1) is 0 Å². The molecule has 0 saturated carbocycles. The zero-order valence-corrected chi connectivity index (χ0v) is 11.4. The Kier molecular flexibility index (Phi) is 3.84. The summed E-state index contributed by atoms with van der Waals surface area (Å²) in [6, 6.07) is 6.44. The van der Waals surface area contributed by atoms with E-state index in [9.17, 15) is 8.42 Å². The van der Waals surface area contributed by atoms with Gasteiger partial charge in [0.15, 0.2) is 5.11 Å². The van der Waals surface area contributed by atoms with Crippen molar-refractivity contribution in [3.8, 4) is 0 Å². The first-order valence-electron chi connectivity index (χ1n) is 5.67. The fourth-order valence-corrected chi connectivity index (χ4v) is 3.56. The minimum Gasteiger partial charge on any atom is -0.376 e. The molecule has 18 heavy (non-hydrogen) atoms. The van der Waals surface area contributed by atoms with Gasteiger partial charge in [0.25, 0.3) is 0 Å². The molecule has 0 radical (unpaired) electrons. The largest absolute Gasteiger partial charge is 0.376 e. The standard InChI is InChI=1S/C11H15N3O2S2/c12-11(17)13-9-3-5-10(6-4-9)18(15,16)14-7-1-2-8-14/h3-6H,1-2,7-8H2,(H3,12,13,17). The maximum Gasteiger partial charge on any atom is 0.243 e. The highest BCUT2D eigenvalue weighted by Gasteiger charge is 2.26. The lowest BCUT2D eigenvalue weighted by atomic mass is 10.3. The third kappa shape index (κ3) is 2.80. The van der Waals surface area contributed by atoms with E-state index in [0.717, 1.165) is 12.8 Å². The van der Waals surface area contributed by atoms with Crippen molar-refractivity contribution in [1.82, 2.24) is 4.31 Å². The summed E-state index contributed by atoms with van der Waals surface area (Å²) >= 11 is 4.71. The van der Waals surface area contributed by atoms with E-state index in [1.165, 1.54) is 4.31 Å². The molecule has 1 fully saturated rings. The van der Waals surface area contributed by atoms with E-state index < -0.39 is 10.0 Å². The Bertz CT molecular complexity index is 534. The highest BCUT2D eigenvalue weighted by molar-refractivity contribution is 7.89. The molecule has 1 saturated heterocycles. The molecule has 3 N–H and O–H groups in total. The van der Waals surface area contributed by atoms with Gasteiger partial charge in [0, 0.05) is 18.8 Å². The summed E-state index contributed by atoms with van der Waals surface area (Å²) in [6.45, 7) is 1.21. The molecular weight excluding hydrogens is 270 g/mol. The van der Waals surface area contributed by atoms with Gasteiger partial charge in [-0.1, -0.05) is 0 Å². The van der Waals surface area contributed by atoms with Gasteiger partial charge in [-0.3, -0.25) is 0 Å². The highest BCUT2D eigenvalue weighted by Crippen LogP contribution is 2.22. The topological polar surface area (TPSA) is 75.4 Å². The number of rotatable bonds is 3. The van der Waals surface area contributed by atoms with Gasteiger partial charge >= 0.3 is 0 Å². The van der Waals surface area contributed by atoms with Gasteiger partial charge in [0.1, 0.15) is 0 Å². The Balaban J connectivity index is 2.20. The number of nitrogens with zero attached hydrogens (tertiary/aromatic N) is 1. The molecule has 0 aliphatic carbocycles. The van der Waals surface area contributed by atoms with E-state index in [0.29, 0.717) is 23.7 Å². The lowest BCUT2D eigenvalue weighted by Gasteiger charge is -2.15. The second-order valence-corrected chi connectivity index (χ2v) is 6.50. The van der Waals surface area contributed by atoms with Crippen LogP contribution in [0.25, 0.3) is 0 Å². The normalized spacial score (nSPS) is 16.7. The molecule has 1 aliphatic rings. The molecule has 2 rings (SSSR count). The van der Waals surface area contributed by atoms with E-state index >= 15 is 0 Å². The fraction of sp³-hybridized carbons (Fsp3) is 0.364. The molecule has 1 aromatic carbocycles. The number of anilines is 1. The molecular formula is C11H15N3O2S2. The van der Waals surface area contributed by atoms with Crippen molar-refractivity contribution in [2.75, 3.05) is 18.4 Å². The van der Waals surface area contributed by atoms with Crippen LogP contribution in [0.3, 0.4) is 0 Å². The van der Waals surface area contributed by atoms with Gasteiger partial charge in [-0.2, -0.15) is 4.31 Å². The lowest BCUT2D eigenvalue weighted by Crippen LogP contribution is -2.27. The van der Waals surface area contributed by atoms with Gasteiger partial charge in [0.05, 0.1) is 4.90 Å². The van der Waals surface area contributed by atoms with Crippen LogP contribution in [0.5, 0.6) is 0 Å². The van der Waals surface area contributed by atoms with Crippen LogP contribution in [0, 0.1) is 0 Å². The molecule has 0 atom stereocenters. The third-order valence-electron chi connectivity index (χ3n) is 2.82. The van der Waals surface area contributed by atoms with Crippen LogP contribution in [0.4, 0.5) is 5.69 Å². The zero-order chi connectivity index (χ0) is 13.2. The first kappa shape index (κ1) is 13.3. The number of benzene rings is 1. The zero-order valence-electron chi connectivity index (χ0n) is 9.80. The average Bonchev–Trinajstić information content (AvgIpc) is 2.83. The fourth-order valence-electron chi connectivity index (χ4n) is 1.93. The first-order chi connectivity index (χ1) is 8.50. The number of thiocarbonyl (C=S) groups is 1. The number of hydrogen-bond acceptors (Lipinski definition) is 3. The minimum absolute atomic E-state index is 0.158. The van der Waals surface area contributed by atoms with Crippen LogP contribution in [0.1, 0.15) is 12.8 Å². The molecule has 0 bridgehead atoms. The maximum atomic E-state index is 12.2. The molecule has 5 nitrogen and oxygen atoms in total. The molecule has 7 heteroatoms. The van der Waals surface area contributed by atoms with E-state index in [4.69, 9.17) is 18.0 Å². The van der Waals surface area contributed by atoms with Gasteiger partial charge in [-0.05, 0) is 49.3 Å². The predicted octanol–water partition coefficient (Wildman–Crippen LogP) is 1.13. The predicted molar refractivity (Wildman–Crippen MR) is 74.8 cm³/mol. The van der Waals surface area contributed by atoms with Crippen LogP contribution in [-0.4, -0.2) is 30.9 Å². The summed E-state index contributed by atoms with van der Waals surface area (Å²) in [6.07, 6.45) is 1.86. The first-order valence-corrected chi connectivity index (χ1v) is 7.51. The summed E-state index contributed by atoms with van der Waals surface area (Å²) < 4.78 is 26.0. The van der Waals surface area contributed by atoms with Crippen LogP contribution < -0.4 is 11.1 Å². The summed E-state index contributed by atoms with van der Waals surface area (Å²) in [7, 11) is -3.34. The molecule has 1 heterocycles. The number of nitrogens with one attached hydrogen (secondary N) is 1. The Morgan fingerprint density at radius 2 is 1.78 bits per heavy atom. The van der Waals surface area contributed by atoms with Crippen LogP contribution in [0.15, 0.2) is 29.2 Å². The van der Waals surface area contributed by atoms with E-state index in [2.05, 4.69) is 5.32 Å². The van der Waals surface area contributed by atoms with E-state index in [-0.39, 0.29) is 5.11 Å². The van der Waals surface area contributed by atoms with Crippen LogP contribution >= 0.6 is 12.2 Å². The molecule has 1 aliphatic heterocycles. The minimum atomic E-state index is -3.34. The van der Waals surface area contributed by atoms with Gasteiger partial charge < -0.3 is 11.1 Å². The van der Waals surface area contributed by atoms with Crippen LogP contribution in [-0.2, 0) is 10.0 Å². The second-order valence-electron chi connectivity index (χ2n) is 4.12. The summed E-state index contributed by atoms with van der Waals surface area (Å²) in [5.41, 5.74) is 6.02. The second kappa shape index (κ2) is 5.21. The monoisotopic (exact) mass is 285 g/mol. The molecule has 0 unspecified atom stereocenters. The molecule has 1 aromatic rings. The van der Waals surface area contributed by atoms with Crippen molar-refractivity contribution < 1.29 is 8.42 Å². The van der Waals surface area contributed by atoms with E-state index in [1.54, 1.807) is 24.3 Å². The quantitative estimate of drug-likeness (QED) is 0.814. The lowest BCUT2D eigenvalue weighted by molar-refractivity contribution is 0.477. The van der Waals surface area contributed by atoms with Crippen molar-refractivity contribution in [2.45, 2.75) is 17.7 Å². The smallest absolute Gasteiger partial charge is 0.243 e. The van der Waals surface area contributed by atoms with Crippen molar-refractivity contribution in [3.63, 3.8) is 0 Å². The van der Waals surface area contributed by atoms with Crippen molar-refractivity contribution in [1.29, 1.82) is 0 Å². The summed E-state index contributed by atoms with van der Waals surface area (Å²) in [5, 5.41) is 2.91. The summed E-state index contributed by atoms with van der Waals surface area (Å²) in [4.78, 5) is 0.304. The Hall–Kier alpha value is -1.18. The average molecular weight is 285 g/mol. The van der Waals surface area contributed by atoms with Crippen molar-refractivity contribution in [3.05, 3.63) is 24.3 Å². The molecule has 0 aromatic heterocycles. The molecule has 0 amide bonds. The number of sulfonamides is 1. The van der Waals surface area contributed by atoms with Crippen molar-refractivity contribution in [2.24, 2.45) is 5.73 Å². The van der Waals surface area contributed by atoms with Gasteiger partial charge in [-0.25, -0.2) is 8.42 Å². The Labute approximate surface area is 112 Å². The Morgan fingerprint density at radius 3 is 2.28 bits per heavy atom. The Morgan fingerprint density at radius 1 is 1.22 bits per heavy atom.